The van der Waals surface area contributed by atoms with Crippen molar-refractivity contribution in [3.05, 3.63) is 107 Å². The quantitative estimate of drug-likeness (QED) is 0.323. The lowest BCUT2D eigenvalue weighted by molar-refractivity contribution is -0.141. The fourth-order valence-corrected chi connectivity index (χ4v) is 4.17. The Kier molecular flexibility index (Phi) is 6.94. The van der Waals surface area contributed by atoms with E-state index in [4.69, 9.17) is 0 Å². The molecule has 1 fully saturated rings. The van der Waals surface area contributed by atoms with Crippen LogP contribution in [0.2, 0.25) is 0 Å². The smallest absolute Gasteiger partial charge is 0.321 e. The first-order chi connectivity index (χ1) is 18.3. The predicted molar refractivity (Wildman–Crippen MR) is 134 cm³/mol. The van der Waals surface area contributed by atoms with Gasteiger partial charge >= 0.3 is 6.18 Å². The number of benzene rings is 2. The first kappa shape index (κ1) is 25.2. The second-order valence-electron chi connectivity index (χ2n) is 9.13. The van der Waals surface area contributed by atoms with Crippen LogP contribution in [0.4, 0.5) is 18.9 Å². The monoisotopic (exact) mass is 516 g/mol. The number of hydrogen-bond acceptors (Lipinski definition) is 5. The molecule has 1 aliphatic rings. The number of halogens is 3. The second kappa shape index (κ2) is 10.5. The molecular formula is C28H23F3N6O. The Morgan fingerprint density at radius 1 is 1.05 bits per heavy atom. The van der Waals surface area contributed by atoms with E-state index in [9.17, 15) is 23.2 Å². The van der Waals surface area contributed by atoms with E-state index in [1.54, 1.807) is 30.6 Å². The first-order valence-electron chi connectivity index (χ1n) is 12.0. The van der Waals surface area contributed by atoms with Gasteiger partial charge in [-0.1, -0.05) is 18.2 Å². The SMILES string of the molecule is N#Cc1cccc(-n2nc(C(F)(F)F)cc2C(=O)Nc2cccc(C(NCC3CC3)c3ccncc3)c2)c1. The van der Waals surface area contributed by atoms with E-state index in [-0.39, 0.29) is 23.0 Å². The molecule has 1 unspecified atom stereocenters. The van der Waals surface area contributed by atoms with Crippen molar-refractivity contribution in [2.24, 2.45) is 5.92 Å². The Morgan fingerprint density at radius 3 is 2.53 bits per heavy atom. The van der Waals surface area contributed by atoms with Crippen LogP contribution in [0.1, 0.15) is 51.8 Å². The van der Waals surface area contributed by atoms with Crippen molar-refractivity contribution in [3.8, 4) is 11.8 Å². The molecule has 2 aromatic heterocycles. The third-order valence-corrected chi connectivity index (χ3v) is 6.28. The van der Waals surface area contributed by atoms with E-state index < -0.39 is 17.8 Å². The largest absolute Gasteiger partial charge is 0.435 e. The van der Waals surface area contributed by atoms with Crippen LogP contribution in [0.15, 0.2) is 79.1 Å². The van der Waals surface area contributed by atoms with Gasteiger partial charge in [-0.25, -0.2) is 4.68 Å². The number of pyridine rings is 1. The summed E-state index contributed by atoms with van der Waals surface area (Å²) in [5.41, 5.74) is 1.20. The molecule has 10 heteroatoms. The zero-order valence-corrected chi connectivity index (χ0v) is 20.1. The molecule has 2 N–H and O–H groups in total. The summed E-state index contributed by atoms with van der Waals surface area (Å²) in [7, 11) is 0. The molecule has 5 rings (SSSR count). The van der Waals surface area contributed by atoms with Crippen LogP contribution in [0.3, 0.4) is 0 Å². The summed E-state index contributed by atoms with van der Waals surface area (Å²) in [4.78, 5) is 17.3. The van der Waals surface area contributed by atoms with Gasteiger partial charge in [0.1, 0.15) is 5.69 Å². The number of rotatable bonds is 8. The molecule has 0 spiro atoms. The second-order valence-corrected chi connectivity index (χ2v) is 9.13. The molecule has 0 aliphatic heterocycles. The highest BCUT2D eigenvalue weighted by Gasteiger charge is 2.36. The van der Waals surface area contributed by atoms with Crippen molar-refractivity contribution in [2.45, 2.75) is 25.1 Å². The molecule has 38 heavy (non-hydrogen) atoms. The number of nitriles is 1. The van der Waals surface area contributed by atoms with E-state index >= 15 is 0 Å². The van der Waals surface area contributed by atoms with Gasteiger partial charge in [0.15, 0.2) is 5.69 Å². The molecule has 0 radical (unpaired) electrons. The topological polar surface area (TPSA) is 95.6 Å². The number of anilines is 1. The Labute approximate surface area is 216 Å². The van der Waals surface area contributed by atoms with Gasteiger partial charge in [-0.15, -0.1) is 0 Å². The zero-order valence-electron chi connectivity index (χ0n) is 20.1. The van der Waals surface area contributed by atoms with Gasteiger partial charge in [0, 0.05) is 24.1 Å². The standard InChI is InChI=1S/C28H23F3N6O/c29-28(30,31)25-15-24(37(36-25)23-6-1-3-19(13-23)16-32)27(38)35-22-5-2-4-21(14-22)26(34-17-18-7-8-18)20-9-11-33-12-10-20/h1-6,9-15,18,26,34H,7-8,17H2,(H,35,38). The van der Waals surface area contributed by atoms with E-state index in [1.807, 2.05) is 24.3 Å². The highest BCUT2D eigenvalue weighted by molar-refractivity contribution is 6.03. The lowest BCUT2D eigenvalue weighted by atomic mass is 9.99. The van der Waals surface area contributed by atoms with Crippen molar-refractivity contribution in [2.75, 3.05) is 11.9 Å². The summed E-state index contributed by atoms with van der Waals surface area (Å²) in [6.07, 6.45) is 1.06. The Bertz CT molecular complexity index is 1490. The molecule has 4 aromatic rings. The van der Waals surface area contributed by atoms with Crippen molar-refractivity contribution in [1.82, 2.24) is 20.1 Å². The van der Waals surface area contributed by atoms with Gasteiger partial charge in [-0.05, 0) is 78.9 Å². The zero-order chi connectivity index (χ0) is 26.7. The van der Waals surface area contributed by atoms with Gasteiger partial charge in [0.2, 0.25) is 0 Å². The summed E-state index contributed by atoms with van der Waals surface area (Å²) in [6.45, 7) is 0.852. The average Bonchev–Trinajstić information content (AvgIpc) is 3.63. The maximum absolute atomic E-state index is 13.5. The molecule has 7 nitrogen and oxygen atoms in total. The summed E-state index contributed by atoms with van der Waals surface area (Å²) in [5, 5.41) is 19.1. The maximum atomic E-state index is 13.5. The van der Waals surface area contributed by atoms with Gasteiger partial charge in [-0.2, -0.15) is 23.5 Å². The van der Waals surface area contributed by atoms with Crippen LogP contribution in [-0.4, -0.2) is 27.2 Å². The van der Waals surface area contributed by atoms with E-state index in [1.165, 1.54) is 37.1 Å². The predicted octanol–water partition coefficient (Wildman–Crippen LogP) is 5.50. The van der Waals surface area contributed by atoms with Crippen LogP contribution in [0, 0.1) is 17.2 Å². The molecule has 2 aromatic carbocycles. The summed E-state index contributed by atoms with van der Waals surface area (Å²) < 4.78 is 41.4. The van der Waals surface area contributed by atoms with E-state index in [0.717, 1.165) is 22.4 Å². The molecule has 1 atom stereocenters. The lowest BCUT2D eigenvalue weighted by Crippen LogP contribution is -2.25. The molecule has 1 saturated carbocycles. The van der Waals surface area contributed by atoms with Gasteiger partial charge in [-0.3, -0.25) is 9.78 Å². The maximum Gasteiger partial charge on any atom is 0.435 e. The number of aromatic nitrogens is 3. The fraction of sp³-hybridized carbons (Fsp3) is 0.214. The number of amides is 1. The number of nitrogens with one attached hydrogen (secondary N) is 2. The van der Waals surface area contributed by atoms with Gasteiger partial charge in [0.05, 0.1) is 23.4 Å². The third kappa shape index (κ3) is 5.74. The molecule has 192 valence electrons. The molecule has 1 aliphatic carbocycles. The highest BCUT2D eigenvalue weighted by atomic mass is 19.4. The van der Waals surface area contributed by atoms with Crippen LogP contribution < -0.4 is 10.6 Å². The fourth-order valence-electron chi connectivity index (χ4n) is 4.17. The van der Waals surface area contributed by atoms with Crippen LogP contribution in [0.5, 0.6) is 0 Å². The molecule has 0 saturated heterocycles. The summed E-state index contributed by atoms with van der Waals surface area (Å²) >= 11 is 0. The summed E-state index contributed by atoms with van der Waals surface area (Å²) in [6, 6.07) is 19.4. The third-order valence-electron chi connectivity index (χ3n) is 6.28. The Morgan fingerprint density at radius 2 is 1.82 bits per heavy atom. The van der Waals surface area contributed by atoms with Crippen LogP contribution in [-0.2, 0) is 6.18 Å². The van der Waals surface area contributed by atoms with E-state index in [0.29, 0.717) is 17.7 Å². The minimum atomic E-state index is -4.75. The highest BCUT2D eigenvalue weighted by Crippen LogP contribution is 2.32. The minimum absolute atomic E-state index is 0.147. The van der Waals surface area contributed by atoms with Crippen LogP contribution in [0.25, 0.3) is 5.69 Å². The van der Waals surface area contributed by atoms with E-state index in [2.05, 4.69) is 20.7 Å². The Balaban J connectivity index is 1.45. The lowest BCUT2D eigenvalue weighted by Gasteiger charge is -2.20. The van der Waals surface area contributed by atoms with Crippen molar-refractivity contribution in [3.63, 3.8) is 0 Å². The van der Waals surface area contributed by atoms with Crippen LogP contribution >= 0.6 is 0 Å². The number of hydrogen-bond donors (Lipinski definition) is 2. The van der Waals surface area contributed by atoms with Gasteiger partial charge < -0.3 is 10.6 Å². The molecular weight excluding hydrogens is 493 g/mol. The van der Waals surface area contributed by atoms with Crippen molar-refractivity contribution < 1.29 is 18.0 Å². The number of alkyl halides is 3. The van der Waals surface area contributed by atoms with Gasteiger partial charge in [0.25, 0.3) is 5.91 Å². The number of carbonyl (C=O) groups excluding carboxylic acids is 1. The number of nitrogens with zero attached hydrogens (tertiary/aromatic N) is 4. The minimum Gasteiger partial charge on any atom is -0.321 e. The number of carbonyl (C=O) groups is 1. The Hall–Kier alpha value is -4.49. The molecule has 0 bridgehead atoms. The molecule has 1 amide bonds. The molecule has 2 heterocycles. The summed E-state index contributed by atoms with van der Waals surface area (Å²) in [5.74, 6) is -0.121. The first-order valence-corrected chi connectivity index (χ1v) is 12.0. The van der Waals surface area contributed by atoms with Crippen molar-refractivity contribution in [1.29, 1.82) is 5.26 Å². The average molecular weight is 517 g/mol. The van der Waals surface area contributed by atoms with Crippen molar-refractivity contribution >= 4 is 11.6 Å². The normalized spacial score (nSPS) is 14.1.